The van der Waals surface area contributed by atoms with Gasteiger partial charge in [-0.05, 0) is 42.5 Å². The summed E-state index contributed by atoms with van der Waals surface area (Å²) in [7, 11) is 0. The van der Waals surface area contributed by atoms with Crippen LogP contribution >= 0.6 is 0 Å². The van der Waals surface area contributed by atoms with Crippen LogP contribution in [0.5, 0.6) is 0 Å². The molecule has 1 aliphatic rings. The number of rotatable bonds is 12. The number of carbonyl (C=O) groups is 2. The van der Waals surface area contributed by atoms with Gasteiger partial charge in [0.2, 0.25) is 0 Å². The maximum Gasteiger partial charge on any atom is 0.329 e. The van der Waals surface area contributed by atoms with Crippen LogP contribution in [0.4, 0.5) is 5.69 Å². The minimum Gasteiger partial charge on any atom is -0.861 e. The third-order valence-corrected chi connectivity index (χ3v) is 7.84. The quantitative estimate of drug-likeness (QED) is 0.122. The number of hydrogen-bond acceptors (Lipinski definition) is 6. The normalized spacial score (nSPS) is 16.8. The first kappa shape index (κ1) is 33.3. The van der Waals surface area contributed by atoms with Crippen molar-refractivity contribution >= 4 is 29.2 Å². The Morgan fingerprint density at radius 2 is 1.44 bits per heavy atom. The van der Waals surface area contributed by atoms with Crippen molar-refractivity contribution in [3.8, 4) is 0 Å². The van der Waals surface area contributed by atoms with Gasteiger partial charge < -0.3 is 15.3 Å². The molecule has 0 amide bonds. The second kappa shape index (κ2) is 15.9. The molecule has 0 radical (unpaired) electrons. The second-order valence-corrected chi connectivity index (χ2v) is 10.8. The molecule has 4 aromatic rings. The molecule has 0 spiro atoms. The molecule has 45 heavy (non-hydrogen) atoms. The Bertz CT molecular complexity index is 1630. The van der Waals surface area contributed by atoms with E-state index in [2.05, 4.69) is 9.89 Å². The molecule has 234 valence electrons. The first-order valence-corrected chi connectivity index (χ1v) is 14.7. The van der Waals surface area contributed by atoms with Gasteiger partial charge in [-0.3, -0.25) is 19.7 Å². The van der Waals surface area contributed by atoms with Crippen molar-refractivity contribution < 1.29 is 41.4 Å². The van der Waals surface area contributed by atoms with Crippen LogP contribution in [0.2, 0.25) is 0 Å². The standard InChI is InChI=1S/C36H35N3O5.Ni/c40-32(41)23-29(26-15-6-2-7-16-26)34(36(43)44)38-33(27-17-8-3-9-18-27)28-19-10-11-20-30(28)37-35(42)31-21-12-22-39(31)24-25-13-4-1-5-14-25;/h1-11,13-20,29,31,34H,12,21-24H2,(H,37,42)(H,40,41)(H,43,44);/p-1. The van der Waals surface area contributed by atoms with Gasteiger partial charge in [-0.1, -0.05) is 109 Å². The fourth-order valence-electron chi connectivity index (χ4n) is 5.73. The van der Waals surface area contributed by atoms with Crippen LogP contribution in [0.3, 0.4) is 0 Å². The molecule has 0 bridgehead atoms. The van der Waals surface area contributed by atoms with Crippen LogP contribution in [0.1, 0.15) is 47.4 Å². The number of para-hydroxylation sites is 1. The predicted octanol–water partition coefficient (Wildman–Crippen LogP) is 5.29. The van der Waals surface area contributed by atoms with Crippen LogP contribution in [-0.2, 0) is 32.6 Å². The summed E-state index contributed by atoms with van der Waals surface area (Å²) < 4.78 is 0. The van der Waals surface area contributed by atoms with Crippen molar-refractivity contribution in [3.63, 3.8) is 0 Å². The Balaban J connectivity index is 0.00000461. The fraction of sp³-hybridized carbons (Fsp3) is 0.222. The molecular weight excluding hydrogens is 613 g/mol. The number of benzene rings is 4. The van der Waals surface area contributed by atoms with Crippen molar-refractivity contribution in [2.24, 2.45) is 9.98 Å². The van der Waals surface area contributed by atoms with Gasteiger partial charge in [0, 0.05) is 46.1 Å². The molecule has 1 saturated heterocycles. The van der Waals surface area contributed by atoms with Gasteiger partial charge in [-0.25, -0.2) is 4.79 Å². The summed E-state index contributed by atoms with van der Waals surface area (Å²) >= 11 is 0. The van der Waals surface area contributed by atoms with Gasteiger partial charge in [-0.15, -0.1) is 0 Å². The molecule has 0 saturated carbocycles. The van der Waals surface area contributed by atoms with Crippen LogP contribution in [-0.4, -0.2) is 57.3 Å². The third kappa shape index (κ3) is 8.53. The van der Waals surface area contributed by atoms with Gasteiger partial charge in [0.05, 0.1) is 17.8 Å². The molecular formula is C36H34N3NiO5-. The molecule has 1 heterocycles. The SMILES string of the molecule is O=C(O)CC(c1ccccc1)C(N=C(c1ccccc1)c1ccccc1N=C([O-])C1CCCN1Cc1ccccc1)C(=O)O.[Ni]. The van der Waals surface area contributed by atoms with E-state index in [4.69, 9.17) is 4.99 Å². The number of aliphatic carboxylic acids is 2. The zero-order valence-corrected chi connectivity index (χ0v) is 25.5. The smallest absolute Gasteiger partial charge is 0.329 e. The molecule has 5 rings (SSSR count). The Morgan fingerprint density at radius 1 is 0.844 bits per heavy atom. The average Bonchev–Trinajstić information content (AvgIpc) is 3.50. The Labute approximate surface area is 272 Å². The molecule has 4 aromatic carbocycles. The Hall–Kier alpha value is -4.59. The molecule has 2 N–H and O–H groups in total. The van der Waals surface area contributed by atoms with E-state index in [0.29, 0.717) is 41.1 Å². The third-order valence-electron chi connectivity index (χ3n) is 7.84. The zero-order valence-electron chi connectivity index (χ0n) is 24.5. The van der Waals surface area contributed by atoms with E-state index in [9.17, 15) is 24.9 Å². The van der Waals surface area contributed by atoms with Gasteiger partial charge in [0.15, 0.2) is 6.04 Å². The topological polar surface area (TPSA) is 126 Å². The molecule has 1 fully saturated rings. The fourth-order valence-corrected chi connectivity index (χ4v) is 5.73. The number of nitrogens with zero attached hydrogens (tertiary/aromatic N) is 3. The maximum atomic E-state index is 13.7. The first-order chi connectivity index (χ1) is 21.4. The number of carboxylic acid groups (broad SMARTS) is 2. The van der Waals surface area contributed by atoms with Crippen LogP contribution in [0.25, 0.3) is 0 Å². The van der Waals surface area contributed by atoms with E-state index in [-0.39, 0.29) is 28.4 Å². The van der Waals surface area contributed by atoms with Gasteiger partial charge in [0.1, 0.15) is 0 Å². The van der Waals surface area contributed by atoms with E-state index >= 15 is 0 Å². The van der Waals surface area contributed by atoms with Gasteiger partial charge >= 0.3 is 11.9 Å². The molecule has 8 nitrogen and oxygen atoms in total. The number of carboxylic acids is 2. The Kier molecular flexibility index (Phi) is 11.8. The predicted molar refractivity (Wildman–Crippen MR) is 168 cm³/mol. The molecule has 3 atom stereocenters. The number of aliphatic imine (C=N–C) groups is 2. The summed E-state index contributed by atoms with van der Waals surface area (Å²) in [6, 6.07) is 33.1. The van der Waals surface area contributed by atoms with Gasteiger partial charge in [0.25, 0.3) is 0 Å². The summed E-state index contributed by atoms with van der Waals surface area (Å²) in [6.45, 7) is 1.44. The molecule has 0 aromatic heterocycles. The number of likely N-dealkylation sites (tertiary alicyclic amines) is 1. The van der Waals surface area contributed by atoms with Crippen molar-refractivity contribution in [2.45, 2.75) is 43.8 Å². The van der Waals surface area contributed by atoms with Crippen molar-refractivity contribution in [1.82, 2.24) is 4.90 Å². The maximum absolute atomic E-state index is 13.7. The van der Waals surface area contributed by atoms with E-state index in [1.54, 1.807) is 54.6 Å². The van der Waals surface area contributed by atoms with E-state index in [0.717, 1.165) is 18.5 Å². The van der Waals surface area contributed by atoms with E-state index < -0.39 is 30.3 Å². The van der Waals surface area contributed by atoms with Crippen LogP contribution in [0, 0.1) is 0 Å². The van der Waals surface area contributed by atoms with Crippen LogP contribution in [0.15, 0.2) is 125 Å². The largest absolute Gasteiger partial charge is 0.861 e. The first-order valence-electron chi connectivity index (χ1n) is 14.7. The minimum atomic E-state index is -1.41. The number of hydrogen-bond donors (Lipinski definition) is 2. The monoisotopic (exact) mass is 646 g/mol. The minimum absolute atomic E-state index is 0. The summed E-state index contributed by atoms with van der Waals surface area (Å²) in [5.41, 5.74) is 3.51. The van der Waals surface area contributed by atoms with E-state index in [1.807, 2.05) is 60.7 Å². The van der Waals surface area contributed by atoms with Crippen molar-refractivity contribution in [1.29, 1.82) is 0 Å². The molecule has 9 heteroatoms. The molecule has 1 aliphatic heterocycles. The zero-order chi connectivity index (χ0) is 30.9. The summed E-state index contributed by atoms with van der Waals surface area (Å²) in [4.78, 5) is 36.1. The molecule has 3 unspecified atom stereocenters. The van der Waals surface area contributed by atoms with E-state index in [1.165, 1.54) is 0 Å². The average molecular weight is 647 g/mol. The summed E-state index contributed by atoms with van der Waals surface area (Å²) in [6.07, 6.45) is 1.17. The van der Waals surface area contributed by atoms with Gasteiger partial charge in [-0.2, -0.15) is 0 Å². The Morgan fingerprint density at radius 3 is 2.09 bits per heavy atom. The van der Waals surface area contributed by atoms with Crippen LogP contribution < -0.4 is 5.11 Å². The second-order valence-electron chi connectivity index (χ2n) is 10.8. The van der Waals surface area contributed by atoms with Crippen molar-refractivity contribution in [3.05, 3.63) is 138 Å². The molecule has 0 aliphatic carbocycles. The summed E-state index contributed by atoms with van der Waals surface area (Å²) in [5.74, 6) is -3.57. The van der Waals surface area contributed by atoms with Crippen molar-refractivity contribution in [2.75, 3.05) is 6.54 Å². The summed E-state index contributed by atoms with van der Waals surface area (Å²) in [5, 5.41) is 33.8.